The number of ketones is 2. The number of carbonyl (C=O) groups is 3. The van der Waals surface area contributed by atoms with Crippen LogP contribution in [0, 0.1) is 40.4 Å². The molecule has 2 fully saturated rings. The average Bonchev–Trinajstić information content (AvgIpc) is 3.13. The lowest BCUT2D eigenvalue weighted by atomic mass is 9.53. The highest BCUT2D eigenvalue weighted by Crippen LogP contribution is 2.59. The Morgan fingerprint density at radius 3 is 2.39 bits per heavy atom. The highest BCUT2D eigenvalue weighted by Gasteiger charge is 2.63. The molecule has 0 saturated heterocycles. The number of rotatable bonds is 9. The molecule has 0 amide bonds. The zero-order valence-electron chi connectivity index (χ0n) is 23.4. The van der Waals surface area contributed by atoms with Crippen LogP contribution in [0.3, 0.4) is 0 Å². The largest absolute Gasteiger partial charge is 0.466 e. The van der Waals surface area contributed by atoms with Gasteiger partial charge in [0.05, 0.1) is 18.1 Å². The molecule has 3 aliphatic rings. The van der Waals surface area contributed by atoms with Crippen molar-refractivity contribution in [3.05, 3.63) is 11.6 Å². The molecule has 6 heteroatoms. The lowest BCUT2D eigenvalue weighted by molar-refractivity contribution is -0.174. The fourth-order valence-corrected chi connectivity index (χ4v) is 7.45. The molecule has 2 saturated carbocycles. The summed E-state index contributed by atoms with van der Waals surface area (Å²) in [5.74, 6) is 0.987. The van der Waals surface area contributed by atoms with Gasteiger partial charge in [0.15, 0.2) is 11.6 Å². The molecular weight excluding hydrogens is 456 g/mol. The Balaban J connectivity index is 1.93. The fourth-order valence-electron chi connectivity index (χ4n) is 7.45. The number of ether oxygens (including phenoxy) is 1. The van der Waals surface area contributed by atoms with Gasteiger partial charge in [-0.05, 0) is 80.1 Å². The van der Waals surface area contributed by atoms with Crippen LogP contribution in [0.25, 0.3) is 0 Å². The monoisotopic (exact) mass is 504 g/mol. The molecule has 0 aliphatic heterocycles. The van der Waals surface area contributed by atoms with E-state index < -0.39 is 22.9 Å². The molecule has 0 heterocycles. The van der Waals surface area contributed by atoms with Crippen LogP contribution < -0.4 is 0 Å². The first kappa shape index (κ1) is 29.0. The van der Waals surface area contributed by atoms with Crippen molar-refractivity contribution in [3.8, 4) is 0 Å². The number of hydrogen-bond acceptors (Lipinski definition) is 6. The van der Waals surface area contributed by atoms with Gasteiger partial charge < -0.3 is 14.9 Å². The van der Waals surface area contributed by atoms with Gasteiger partial charge >= 0.3 is 5.97 Å². The van der Waals surface area contributed by atoms with Gasteiger partial charge in [0.2, 0.25) is 0 Å². The average molecular weight is 505 g/mol. The van der Waals surface area contributed by atoms with Crippen molar-refractivity contribution < 1.29 is 29.3 Å². The van der Waals surface area contributed by atoms with Crippen molar-refractivity contribution in [2.45, 2.75) is 112 Å². The minimum Gasteiger partial charge on any atom is -0.466 e. The van der Waals surface area contributed by atoms with E-state index in [0.29, 0.717) is 42.1 Å². The molecule has 0 aromatic heterocycles. The maximum atomic E-state index is 14.0. The van der Waals surface area contributed by atoms with Crippen molar-refractivity contribution in [1.29, 1.82) is 0 Å². The third-order valence-corrected chi connectivity index (χ3v) is 10.5. The van der Waals surface area contributed by atoms with E-state index in [2.05, 4.69) is 34.6 Å². The number of fused-ring (bicyclic) bond motifs is 1. The van der Waals surface area contributed by atoms with Crippen LogP contribution in [-0.4, -0.2) is 46.1 Å². The smallest absolute Gasteiger partial charge is 0.302 e. The van der Waals surface area contributed by atoms with Crippen LogP contribution in [-0.2, 0) is 19.1 Å². The van der Waals surface area contributed by atoms with Crippen LogP contribution >= 0.6 is 0 Å². The van der Waals surface area contributed by atoms with E-state index in [1.807, 2.05) is 0 Å². The zero-order valence-corrected chi connectivity index (χ0v) is 23.4. The molecule has 2 N–H and O–H groups in total. The van der Waals surface area contributed by atoms with Crippen LogP contribution in [0.2, 0.25) is 0 Å². The Morgan fingerprint density at radius 2 is 1.78 bits per heavy atom. The van der Waals surface area contributed by atoms with Gasteiger partial charge in [-0.15, -0.1) is 0 Å². The number of aliphatic hydroxyl groups excluding tert-OH is 1. The summed E-state index contributed by atoms with van der Waals surface area (Å²) in [5, 5.41) is 21.5. The second-order valence-electron chi connectivity index (χ2n) is 13.0. The maximum absolute atomic E-state index is 14.0. The first-order valence-corrected chi connectivity index (χ1v) is 14.0. The first-order chi connectivity index (χ1) is 16.7. The quantitative estimate of drug-likeness (QED) is 0.427. The Labute approximate surface area is 217 Å². The molecule has 6 nitrogen and oxygen atoms in total. The van der Waals surface area contributed by atoms with Gasteiger partial charge in [-0.1, -0.05) is 47.5 Å². The summed E-state index contributed by atoms with van der Waals surface area (Å²) in [6.45, 7) is 14.7. The number of esters is 1. The van der Waals surface area contributed by atoms with Crippen molar-refractivity contribution >= 4 is 17.5 Å². The summed E-state index contributed by atoms with van der Waals surface area (Å²) in [6, 6.07) is 0. The Morgan fingerprint density at radius 1 is 1.11 bits per heavy atom. The molecule has 0 radical (unpaired) electrons. The maximum Gasteiger partial charge on any atom is 0.302 e. The molecule has 36 heavy (non-hydrogen) atoms. The summed E-state index contributed by atoms with van der Waals surface area (Å²) in [7, 11) is 0. The number of allylic oxidation sites excluding steroid dienone is 1. The molecule has 0 spiro atoms. The van der Waals surface area contributed by atoms with Gasteiger partial charge in [-0.2, -0.15) is 0 Å². The van der Waals surface area contributed by atoms with Gasteiger partial charge in [-0.3, -0.25) is 14.4 Å². The van der Waals surface area contributed by atoms with E-state index in [4.69, 9.17) is 4.74 Å². The highest BCUT2D eigenvalue weighted by atomic mass is 16.5. The normalized spacial score (nSPS) is 38.5. The molecular formula is C30H48O6. The van der Waals surface area contributed by atoms with E-state index in [0.717, 1.165) is 25.7 Å². The van der Waals surface area contributed by atoms with Crippen molar-refractivity contribution in [3.63, 3.8) is 0 Å². The van der Waals surface area contributed by atoms with Gasteiger partial charge in [0, 0.05) is 18.9 Å². The molecule has 0 unspecified atom stereocenters. The van der Waals surface area contributed by atoms with Crippen molar-refractivity contribution in [2.75, 3.05) is 6.61 Å². The summed E-state index contributed by atoms with van der Waals surface area (Å²) < 4.78 is 5.37. The summed E-state index contributed by atoms with van der Waals surface area (Å²) in [6.07, 6.45) is 5.83. The van der Waals surface area contributed by atoms with Crippen LogP contribution in [0.4, 0.5) is 0 Å². The third kappa shape index (κ3) is 5.09. The molecule has 204 valence electrons. The fraction of sp³-hybridized carbons (Fsp3) is 0.833. The Bertz CT molecular complexity index is 892. The van der Waals surface area contributed by atoms with Gasteiger partial charge in [0.1, 0.15) is 5.60 Å². The molecule has 0 bridgehead atoms. The predicted octanol–water partition coefficient (Wildman–Crippen LogP) is 5.04. The minimum atomic E-state index is -1.85. The van der Waals surface area contributed by atoms with E-state index in [9.17, 15) is 24.6 Å². The number of hydrogen-bond donors (Lipinski definition) is 2. The number of aliphatic hydroxyl groups is 2. The van der Waals surface area contributed by atoms with E-state index >= 15 is 0 Å². The second-order valence-corrected chi connectivity index (χ2v) is 13.0. The topological polar surface area (TPSA) is 101 Å². The molecule has 0 aromatic rings. The van der Waals surface area contributed by atoms with E-state index in [-0.39, 0.29) is 42.5 Å². The molecule has 0 aromatic carbocycles. The Hall–Kier alpha value is -1.53. The summed E-state index contributed by atoms with van der Waals surface area (Å²) >= 11 is 0. The van der Waals surface area contributed by atoms with E-state index in [1.54, 1.807) is 6.92 Å². The minimum absolute atomic E-state index is 0.0973. The number of Topliss-reactive ketones (excluding diaryl/α,β-unsaturated/α-hetero) is 1. The molecule has 8 atom stereocenters. The molecule has 3 aliphatic carbocycles. The third-order valence-electron chi connectivity index (χ3n) is 10.5. The summed E-state index contributed by atoms with van der Waals surface area (Å²) in [5.41, 5.74) is -2.85. The summed E-state index contributed by atoms with van der Waals surface area (Å²) in [4.78, 5) is 38.9. The molecule has 3 rings (SSSR count). The van der Waals surface area contributed by atoms with Crippen molar-refractivity contribution in [2.24, 2.45) is 40.4 Å². The standard InChI is InChI=1S/C30H48O6/c1-18(2)19(3)8-9-20(4)24-10-11-25(28(24,6)14-15-36-21(5)31)23-16-26(33)30(35)17-22(32)12-13-29(30,7)27(23)34/h16,18-20,22,24-25,32,35H,8-15,17H2,1-7H3/t19-,20+,22-,24+,25-,28+,29+,30-/m0/s1. The SMILES string of the molecule is CC(=O)OCC[C@]1(C)[C@@H]([C@H](C)CC[C@H](C)C(C)C)CC[C@H]1C1=CC(=O)[C@@]2(O)C[C@@H](O)CC[C@]2(C)C1=O. The highest BCUT2D eigenvalue weighted by molar-refractivity contribution is 6.16. The predicted molar refractivity (Wildman–Crippen MR) is 139 cm³/mol. The van der Waals surface area contributed by atoms with Crippen molar-refractivity contribution in [1.82, 2.24) is 0 Å². The lowest BCUT2D eigenvalue weighted by Crippen LogP contribution is -2.63. The Kier molecular flexibility index (Phi) is 8.62. The van der Waals surface area contributed by atoms with E-state index in [1.165, 1.54) is 13.0 Å². The lowest BCUT2D eigenvalue weighted by Gasteiger charge is -2.51. The van der Waals surface area contributed by atoms with Gasteiger partial charge in [-0.25, -0.2) is 0 Å². The van der Waals surface area contributed by atoms with Crippen LogP contribution in [0.5, 0.6) is 0 Å². The number of carbonyl (C=O) groups excluding carboxylic acids is 3. The first-order valence-electron chi connectivity index (χ1n) is 14.0. The van der Waals surface area contributed by atoms with Crippen LogP contribution in [0.1, 0.15) is 99.8 Å². The second kappa shape index (κ2) is 10.7. The van der Waals surface area contributed by atoms with Crippen LogP contribution in [0.15, 0.2) is 11.6 Å². The zero-order chi connectivity index (χ0) is 27.1. The van der Waals surface area contributed by atoms with Gasteiger partial charge in [0.25, 0.3) is 0 Å².